The molecular weight excluding hydrogens is 837 g/mol. The predicted molar refractivity (Wildman–Crippen MR) is 273 cm³/mol. The van der Waals surface area contributed by atoms with Gasteiger partial charge in [0.1, 0.15) is 27.3 Å². The van der Waals surface area contributed by atoms with Gasteiger partial charge in [-0.15, -0.1) is 22.7 Å². The number of methoxy groups -OCH3 is 1. The fourth-order valence-corrected chi connectivity index (χ4v) is 10.8. The lowest BCUT2D eigenvalue weighted by atomic mass is 10.0. The number of nitrogens with zero attached hydrogens (tertiary/aromatic N) is 6. The van der Waals surface area contributed by atoms with Crippen molar-refractivity contribution in [3.63, 3.8) is 0 Å². The van der Waals surface area contributed by atoms with Crippen LogP contribution in [0.15, 0.2) is 194 Å². The summed E-state index contributed by atoms with van der Waals surface area (Å²) in [7, 11) is 1.71. The van der Waals surface area contributed by atoms with Gasteiger partial charge in [0, 0.05) is 29.4 Å². The highest BCUT2D eigenvalue weighted by Gasteiger charge is 2.32. The number of aromatic nitrogens is 4. The van der Waals surface area contributed by atoms with Gasteiger partial charge >= 0.3 is 0 Å². The Balaban J connectivity index is 1.06. The summed E-state index contributed by atoms with van der Waals surface area (Å²) in [5, 5.41) is 2.04. The van der Waals surface area contributed by atoms with Crippen molar-refractivity contribution in [2.24, 2.45) is 0 Å². The summed E-state index contributed by atoms with van der Waals surface area (Å²) < 4.78 is 12.8. The van der Waals surface area contributed by atoms with Gasteiger partial charge in [-0.25, -0.2) is 14.5 Å². The molecule has 0 N–H and O–H groups in total. The second-order valence-corrected chi connectivity index (χ2v) is 17.8. The van der Waals surface area contributed by atoms with Crippen LogP contribution in [0.3, 0.4) is 0 Å². The number of hydrogen-bond donors (Lipinski definition) is 0. The lowest BCUT2D eigenvalue weighted by molar-refractivity contribution is -0.670. The van der Waals surface area contributed by atoms with Gasteiger partial charge in [0.15, 0.2) is 11.0 Å². The molecule has 0 spiro atoms. The molecule has 7 aromatic carbocycles. The number of aryl methyl sites for hydroxylation is 1. The van der Waals surface area contributed by atoms with Crippen LogP contribution < -0.4 is 19.1 Å². The van der Waals surface area contributed by atoms with E-state index in [1.165, 1.54) is 9.40 Å². The number of rotatable bonds is 11. The lowest BCUT2D eigenvalue weighted by Gasteiger charge is -2.24. The monoisotopic (exact) mass is 881 g/mol. The molecule has 65 heavy (non-hydrogen) atoms. The zero-order valence-corrected chi connectivity index (χ0v) is 37.9. The molecule has 0 bridgehead atoms. The highest BCUT2D eigenvalue weighted by molar-refractivity contribution is 7.22. The van der Waals surface area contributed by atoms with Crippen molar-refractivity contribution in [3.8, 4) is 32.6 Å². The van der Waals surface area contributed by atoms with Crippen molar-refractivity contribution in [3.05, 3.63) is 205 Å². The number of para-hydroxylation sites is 4. The van der Waals surface area contributed by atoms with Crippen molar-refractivity contribution in [2.45, 2.75) is 20.4 Å². The van der Waals surface area contributed by atoms with Gasteiger partial charge in [-0.3, -0.25) is 4.90 Å². The topological polar surface area (TPSA) is 50.3 Å². The van der Waals surface area contributed by atoms with Crippen LogP contribution in [-0.4, -0.2) is 28.2 Å². The van der Waals surface area contributed by atoms with Gasteiger partial charge in [0.2, 0.25) is 0 Å². The van der Waals surface area contributed by atoms with E-state index in [4.69, 9.17) is 14.7 Å². The molecule has 0 unspecified atom stereocenters. The molecule has 316 valence electrons. The van der Waals surface area contributed by atoms with Gasteiger partial charge in [0.05, 0.1) is 45.5 Å². The van der Waals surface area contributed by atoms with Crippen molar-refractivity contribution in [1.29, 1.82) is 0 Å². The number of thiazole rings is 2. The quantitative estimate of drug-likeness (QED) is 0.0957. The van der Waals surface area contributed by atoms with E-state index in [1.807, 2.05) is 12.1 Å². The normalized spacial score (nSPS) is 13.6. The molecule has 0 fully saturated rings. The van der Waals surface area contributed by atoms with E-state index in [1.54, 1.807) is 29.8 Å². The Morgan fingerprint density at radius 2 is 1.26 bits per heavy atom. The van der Waals surface area contributed by atoms with Gasteiger partial charge in [-0.2, -0.15) is 4.57 Å². The highest BCUT2D eigenvalue weighted by atomic mass is 32.1. The van der Waals surface area contributed by atoms with E-state index >= 15 is 0 Å². The number of ether oxygens (including phenoxy) is 1. The van der Waals surface area contributed by atoms with E-state index in [0.29, 0.717) is 0 Å². The van der Waals surface area contributed by atoms with Crippen LogP contribution in [-0.2, 0) is 6.54 Å². The zero-order chi connectivity index (χ0) is 43.9. The minimum absolute atomic E-state index is 0.777. The second kappa shape index (κ2) is 17.2. The molecule has 0 radical (unpaired) electrons. The van der Waals surface area contributed by atoms with E-state index < -0.39 is 0 Å². The van der Waals surface area contributed by atoms with Crippen LogP contribution in [0.4, 0.5) is 17.1 Å². The fraction of sp³-hybridized carbons (Fsp3) is 0.0893. The number of fused-ring (bicyclic) bond motifs is 4. The first kappa shape index (κ1) is 40.2. The maximum Gasteiger partial charge on any atom is 0.287 e. The number of imidazole rings is 1. The lowest BCUT2D eigenvalue weighted by Crippen LogP contribution is -2.35. The van der Waals surface area contributed by atoms with E-state index in [9.17, 15) is 0 Å². The Kier molecular flexibility index (Phi) is 10.6. The van der Waals surface area contributed by atoms with Crippen LogP contribution in [0.25, 0.3) is 69.9 Å². The molecule has 10 aromatic rings. The third-order valence-corrected chi connectivity index (χ3v) is 14.2. The maximum absolute atomic E-state index is 5.62. The first-order valence-electron chi connectivity index (χ1n) is 22.0. The molecule has 4 heterocycles. The molecule has 0 saturated carbocycles. The van der Waals surface area contributed by atoms with Crippen molar-refractivity contribution in [2.75, 3.05) is 23.5 Å². The molecule has 1 aliphatic rings. The van der Waals surface area contributed by atoms with E-state index in [-0.39, 0.29) is 0 Å². The Morgan fingerprint density at radius 3 is 1.89 bits per heavy atom. The second-order valence-electron chi connectivity index (χ2n) is 15.8. The van der Waals surface area contributed by atoms with Gasteiger partial charge in [-0.1, -0.05) is 78.9 Å². The number of allylic oxidation sites excluding steroid dienone is 4. The summed E-state index contributed by atoms with van der Waals surface area (Å²) >= 11 is 3.47. The first-order valence-corrected chi connectivity index (χ1v) is 23.6. The molecule has 0 aliphatic carbocycles. The maximum atomic E-state index is 5.62. The number of anilines is 3. The summed E-state index contributed by atoms with van der Waals surface area (Å²) in [5.41, 5.74) is 13.2. The number of benzene rings is 7. The van der Waals surface area contributed by atoms with Crippen LogP contribution in [0.2, 0.25) is 0 Å². The highest BCUT2D eigenvalue weighted by Crippen LogP contribution is 2.48. The van der Waals surface area contributed by atoms with Crippen LogP contribution in [0.5, 0.6) is 5.75 Å². The summed E-state index contributed by atoms with van der Waals surface area (Å²) in [5.74, 6) is 2.95. The Hall–Kier alpha value is -7.59. The average molecular weight is 882 g/mol. The van der Waals surface area contributed by atoms with Crippen molar-refractivity contribution < 1.29 is 9.30 Å². The van der Waals surface area contributed by atoms with E-state index in [2.05, 4.69) is 215 Å². The van der Waals surface area contributed by atoms with Crippen molar-refractivity contribution in [1.82, 2.24) is 14.5 Å². The minimum Gasteiger partial charge on any atom is -0.497 e. The smallest absolute Gasteiger partial charge is 0.287 e. The molecule has 3 aromatic heterocycles. The summed E-state index contributed by atoms with van der Waals surface area (Å²) in [6.45, 7) is 6.00. The fourth-order valence-electron chi connectivity index (χ4n) is 8.90. The molecule has 7 nitrogen and oxygen atoms in total. The van der Waals surface area contributed by atoms with Crippen LogP contribution in [0.1, 0.15) is 25.2 Å². The zero-order valence-electron chi connectivity index (χ0n) is 36.3. The summed E-state index contributed by atoms with van der Waals surface area (Å²) in [6.07, 6.45) is 9.04. The van der Waals surface area contributed by atoms with Gasteiger partial charge in [-0.05, 0) is 134 Å². The third-order valence-electron chi connectivity index (χ3n) is 12.0. The molecule has 0 amide bonds. The minimum atomic E-state index is 0.777. The Labute approximate surface area is 386 Å². The van der Waals surface area contributed by atoms with Crippen molar-refractivity contribution >= 4 is 82.9 Å². The summed E-state index contributed by atoms with van der Waals surface area (Å²) in [6, 6.07) is 59.9. The third kappa shape index (κ3) is 7.38. The average Bonchev–Trinajstić information content (AvgIpc) is 4.14. The van der Waals surface area contributed by atoms with Gasteiger partial charge in [0.25, 0.3) is 5.82 Å². The molecule has 11 rings (SSSR count). The Morgan fingerprint density at radius 1 is 0.646 bits per heavy atom. The SMILES string of the molecule is CCN1/C(=C/C=C(/C=C/c2n(-c3ccccc3)c3ccc(-c4nc5ccccc5s4)cc3[n+]2CC)c2ccc(OC)cc2)N(c2ccccc2)c2ccc(-c3nc4ccccc4s3)cc21. The Bertz CT molecular complexity index is 3390. The molecule has 0 atom stereocenters. The predicted octanol–water partition coefficient (Wildman–Crippen LogP) is 14.1. The summed E-state index contributed by atoms with van der Waals surface area (Å²) in [4.78, 5) is 14.8. The largest absolute Gasteiger partial charge is 0.497 e. The number of hydrogen-bond acceptors (Lipinski definition) is 7. The standard InChI is InChI=1S/C56H45N6OS2/c1-4-59-49-36-40(55-57-45-20-12-14-22-51(45)64-55)26-32-47(49)61(42-16-8-6-9-17-42)53(59)34-28-39(38-24-30-44(63-3)31-25-38)29-35-54-60(5-2)50-37-41(56-58-46-21-13-15-23-52(46)65-56)27-33-48(50)62(54)43-18-10-7-11-19-43/h6-37H,4-5H2,1-3H3/q+1. The van der Waals surface area contributed by atoms with Gasteiger partial charge < -0.3 is 9.64 Å². The van der Waals surface area contributed by atoms with Crippen LogP contribution >= 0.6 is 22.7 Å². The molecular formula is C56H45N6OS2+. The van der Waals surface area contributed by atoms with Crippen LogP contribution in [0, 0.1) is 0 Å². The molecule has 0 saturated heterocycles. The first-order chi connectivity index (χ1) is 32.1. The van der Waals surface area contributed by atoms with E-state index in [0.717, 1.165) is 108 Å². The molecule has 1 aliphatic heterocycles. The molecule has 9 heteroatoms.